The standard InChI is InChI=1S/C84H62/c1-51-65-15-7-11-19-73(65)81(74-20-12-8-16-66(51)74)59-35-31-56(32-36-59)54-25-23-53(24-26-54)55-27-29-57(30-28-55)61-39-43-69-71-45-41-63(49-79(71)83(3,4)77(69)47-61)64-42-46-72-70-44-40-62(48-78(70)84(5,6)80(72)50-64)58-33-37-60(38-34-58)82-75-21-13-9-17-67(75)52(2)68-18-10-14-22-76(68)82/h7-50H,1-6H3. The van der Waals surface area contributed by atoms with Crippen molar-refractivity contribution in [1.82, 2.24) is 0 Å². The highest BCUT2D eigenvalue weighted by Gasteiger charge is 2.38. The molecule has 0 amide bonds. The van der Waals surface area contributed by atoms with Gasteiger partial charge in [-0.25, -0.2) is 0 Å². The summed E-state index contributed by atoms with van der Waals surface area (Å²) in [6.07, 6.45) is 0. The molecule has 0 heterocycles. The monoisotopic (exact) mass is 1070 g/mol. The van der Waals surface area contributed by atoms with Crippen LogP contribution in [0.2, 0.25) is 0 Å². The Morgan fingerprint density at radius 3 is 0.607 bits per heavy atom. The summed E-state index contributed by atoms with van der Waals surface area (Å²) in [7, 11) is 0. The van der Waals surface area contributed by atoms with Crippen LogP contribution >= 0.6 is 0 Å². The third-order valence-corrected chi connectivity index (χ3v) is 19.5. The molecule has 0 N–H and O–H groups in total. The molecule has 2 aliphatic rings. The first kappa shape index (κ1) is 49.9. The van der Waals surface area contributed by atoms with E-state index in [1.807, 2.05) is 0 Å². The first-order chi connectivity index (χ1) is 41.0. The van der Waals surface area contributed by atoms with E-state index in [1.54, 1.807) is 0 Å². The van der Waals surface area contributed by atoms with Gasteiger partial charge in [-0.15, -0.1) is 0 Å². The van der Waals surface area contributed by atoms with Crippen LogP contribution < -0.4 is 0 Å². The molecule has 0 saturated heterocycles. The molecule has 0 aromatic heterocycles. The van der Waals surface area contributed by atoms with Crippen molar-refractivity contribution in [2.75, 3.05) is 0 Å². The number of hydrogen-bond acceptors (Lipinski definition) is 0. The fourth-order valence-corrected chi connectivity index (χ4v) is 14.9. The second kappa shape index (κ2) is 18.8. The Morgan fingerprint density at radius 1 is 0.190 bits per heavy atom. The zero-order valence-electron chi connectivity index (χ0n) is 48.4. The van der Waals surface area contributed by atoms with Gasteiger partial charge >= 0.3 is 0 Å². The highest BCUT2D eigenvalue weighted by molar-refractivity contribution is 6.16. The summed E-state index contributed by atoms with van der Waals surface area (Å²) in [4.78, 5) is 0. The maximum absolute atomic E-state index is 2.47. The molecule has 0 aliphatic heterocycles. The molecule has 14 aromatic rings. The Labute approximate surface area is 493 Å². The molecule has 2 aliphatic carbocycles. The predicted molar refractivity (Wildman–Crippen MR) is 359 cm³/mol. The molecule has 84 heavy (non-hydrogen) atoms. The molecular weight excluding hydrogens is 1010 g/mol. The maximum atomic E-state index is 2.47. The van der Waals surface area contributed by atoms with Gasteiger partial charge in [-0.1, -0.05) is 270 Å². The van der Waals surface area contributed by atoms with Gasteiger partial charge in [-0.05, 0) is 215 Å². The second-order valence-electron chi connectivity index (χ2n) is 24.8. The van der Waals surface area contributed by atoms with E-state index in [1.165, 1.54) is 177 Å². The average Bonchev–Trinajstić information content (AvgIpc) is 2.35. The lowest BCUT2D eigenvalue weighted by Crippen LogP contribution is -2.15. The largest absolute Gasteiger partial charge is 0.0616 e. The van der Waals surface area contributed by atoms with Crippen molar-refractivity contribution in [1.29, 1.82) is 0 Å². The lowest BCUT2D eigenvalue weighted by molar-refractivity contribution is 0.660. The SMILES string of the molecule is Cc1c2ccccc2c(-c2ccc(-c3ccc(-c4ccc(-c5ccc6c(c5)C(C)(C)c5cc(-c7ccc8c(c7)C(C)(C)c7cc(-c9ccc(-c%10c%11ccccc%11c(C)c%11ccccc%10%11)cc9)ccc7-8)ccc5-6)cc4)cc3)cc2)c2ccccc12. The molecule has 0 saturated carbocycles. The zero-order valence-corrected chi connectivity index (χ0v) is 48.4. The Hall–Kier alpha value is -9.88. The van der Waals surface area contributed by atoms with Gasteiger partial charge in [0.2, 0.25) is 0 Å². The Kier molecular flexibility index (Phi) is 11.2. The number of benzene rings is 14. The van der Waals surface area contributed by atoms with Crippen LogP contribution in [0.4, 0.5) is 0 Å². The minimum Gasteiger partial charge on any atom is -0.0616 e. The number of hydrogen-bond donors (Lipinski definition) is 0. The van der Waals surface area contributed by atoms with Crippen LogP contribution in [-0.4, -0.2) is 0 Å². The summed E-state index contributed by atoms with van der Waals surface area (Å²) >= 11 is 0. The van der Waals surface area contributed by atoms with E-state index in [4.69, 9.17) is 0 Å². The molecule has 0 nitrogen and oxygen atoms in total. The molecular formula is C84H62. The van der Waals surface area contributed by atoms with Crippen LogP contribution in [0.3, 0.4) is 0 Å². The van der Waals surface area contributed by atoms with E-state index in [0.29, 0.717) is 0 Å². The van der Waals surface area contributed by atoms with Gasteiger partial charge in [0.25, 0.3) is 0 Å². The van der Waals surface area contributed by atoms with Gasteiger partial charge in [0, 0.05) is 10.8 Å². The summed E-state index contributed by atoms with van der Waals surface area (Å²) in [5.74, 6) is 0. The summed E-state index contributed by atoms with van der Waals surface area (Å²) in [6, 6.07) is 101. The van der Waals surface area contributed by atoms with Crippen molar-refractivity contribution in [3.8, 4) is 100 Å². The average molecular weight is 1070 g/mol. The Morgan fingerprint density at radius 2 is 0.369 bits per heavy atom. The van der Waals surface area contributed by atoms with E-state index in [0.717, 1.165) is 0 Å². The Balaban J connectivity index is 0.629. The van der Waals surface area contributed by atoms with Crippen LogP contribution in [0.25, 0.3) is 143 Å². The van der Waals surface area contributed by atoms with Gasteiger partial charge in [0.15, 0.2) is 0 Å². The minimum absolute atomic E-state index is 0.161. The van der Waals surface area contributed by atoms with Crippen molar-refractivity contribution >= 4 is 43.1 Å². The third kappa shape index (κ3) is 7.67. The highest BCUT2D eigenvalue weighted by atomic mass is 14.4. The summed E-state index contributed by atoms with van der Waals surface area (Å²) in [6.45, 7) is 14.1. The first-order valence-corrected chi connectivity index (χ1v) is 29.8. The van der Waals surface area contributed by atoms with Crippen LogP contribution in [-0.2, 0) is 10.8 Å². The van der Waals surface area contributed by atoms with E-state index < -0.39 is 0 Å². The molecule has 14 aromatic carbocycles. The minimum atomic E-state index is -0.162. The highest BCUT2D eigenvalue weighted by Crippen LogP contribution is 2.54. The smallest absolute Gasteiger partial charge is 0.0159 e. The third-order valence-electron chi connectivity index (χ3n) is 19.5. The summed E-state index contributed by atoms with van der Waals surface area (Å²) in [5.41, 5.74) is 30.7. The second-order valence-corrected chi connectivity index (χ2v) is 24.8. The number of fused-ring (bicyclic) bond motifs is 10. The van der Waals surface area contributed by atoms with Gasteiger partial charge in [0.05, 0.1) is 0 Å². The van der Waals surface area contributed by atoms with Gasteiger partial charge in [-0.2, -0.15) is 0 Å². The topological polar surface area (TPSA) is 0 Å². The molecule has 0 spiro atoms. The molecule has 398 valence electrons. The van der Waals surface area contributed by atoms with Crippen molar-refractivity contribution in [2.45, 2.75) is 52.4 Å². The molecule has 0 heteroatoms. The van der Waals surface area contributed by atoms with Crippen LogP contribution in [0.1, 0.15) is 61.1 Å². The summed E-state index contributed by atoms with van der Waals surface area (Å²) < 4.78 is 0. The van der Waals surface area contributed by atoms with Gasteiger partial charge < -0.3 is 0 Å². The molecule has 0 unspecified atom stereocenters. The normalized spacial score (nSPS) is 13.5. The van der Waals surface area contributed by atoms with Crippen molar-refractivity contribution in [2.24, 2.45) is 0 Å². The van der Waals surface area contributed by atoms with Gasteiger partial charge in [0.1, 0.15) is 0 Å². The number of rotatable bonds is 7. The van der Waals surface area contributed by atoms with E-state index in [2.05, 4.69) is 308 Å². The molecule has 16 rings (SSSR count). The predicted octanol–water partition coefficient (Wildman–Crippen LogP) is 23.2. The molecule has 0 atom stereocenters. The molecule has 0 fully saturated rings. The van der Waals surface area contributed by atoms with Crippen molar-refractivity contribution in [3.05, 3.63) is 300 Å². The lowest BCUT2D eigenvalue weighted by atomic mass is 9.79. The fourth-order valence-electron chi connectivity index (χ4n) is 14.9. The van der Waals surface area contributed by atoms with Gasteiger partial charge in [-0.3, -0.25) is 0 Å². The Bertz CT molecular complexity index is 4910. The van der Waals surface area contributed by atoms with Crippen molar-refractivity contribution in [3.63, 3.8) is 0 Å². The van der Waals surface area contributed by atoms with Crippen LogP contribution in [0.15, 0.2) is 267 Å². The van der Waals surface area contributed by atoms with Crippen LogP contribution in [0, 0.1) is 13.8 Å². The lowest BCUT2D eigenvalue weighted by Gasteiger charge is -2.24. The van der Waals surface area contributed by atoms with Crippen molar-refractivity contribution < 1.29 is 0 Å². The summed E-state index contributed by atoms with van der Waals surface area (Å²) in [5, 5.41) is 10.5. The van der Waals surface area contributed by atoms with E-state index in [-0.39, 0.29) is 10.8 Å². The molecule has 0 bridgehead atoms. The quantitative estimate of drug-likeness (QED) is 0.140. The van der Waals surface area contributed by atoms with E-state index >= 15 is 0 Å². The van der Waals surface area contributed by atoms with E-state index in [9.17, 15) is 0 Å². The first-order valence-electron chi connectivity index (χ1n) is 29.8. The maximum Gasteiger partial charge on any atom is 0.0159 e. The molecule has 0 radical (unpaired) electrons. The fraction of sp³-hybridized carbons (Fsp3) is 0.0952. The number of aryl methyl sites for hydroxylation is 2. The van der Waals surface area contributed by atoms with Crippen LogP contribution in [0.5, 0.6) is 0 Å². The zero-order chi connectivity index (χ0) is 56.6.